The van der Waals surface area contributed by atoms with Crippen LogP contribution in [-0.4, -0.2) is 51.9 Å². The molecule has 0 heterocycles. The van der Waals surface area contributed by atoms with Crippen LogP contribution in [0.25, 0.3) is 0 Å². The highest BCUT2D eigenvalue weighted by atomic mass is 35.5. The van der Waals surface area contributed by atoms with Crippen LogP contribution in [0, 0.1) is 0 Å². The lowest BCUT2D eigenvalue weighted by Gasteiger charge is -2.32. The number of carbonyl (C=O) groups is 2. The van der Waals surface area contributed by atoms with Gasteiger partial charge < -0.3 is 15.0 Å². The summed E-state index contributed by atoms with van der Waals surface area (Å²) in [7, 11) is -1.25. The number of anilines is 1. The van der Waals surface area contributed by atoms with Gasteiger partial charge in [0.2, 0.25) is 11.8 Å². The van der Waals surface area contributed by atoms with Crippen LogP contribution in [-0.2, 0) is 26.2 Å². The second-order valence-electron chi connectivity index (χ2n) is 8.08. The minimum atomic E-state index is -4.23. The van der Waals surface area contributed by atoms with Crippen LogP contribution < -0.4 is 14.4 Å². The van der Waals surface area contributed by atoms with Crippen LogP contribution >= 0.6 is 23.2 Å². The second kappa shape index (κ2) is 12.3. The highest BCUT2D eigenvalue weighted by Crippen LogP contribution is 2.33. The Labute approximate surface area is 226 Å². The van der Waals surface area contributed by atoms with Gasteiger partial charge in [-0.3, -0.25) is 13.9 Å². The first-order valence-electron chi connectivity index (χ1n) is 11.2. The molecule has 11 heteroatoms. The summed E-state index contributed by atoms with van der Waals surface area (Å²) in [6.07, 6.45) is 0. The summed E-state index contributed by atoms with van der Waals surface area (Å²) in [5.74, 6) is -0.444. The molecular formula is C26H27Cl2N3O5S. The Bertz CT molecular complexity index is 1370. The lowest BCUT2D eigenvalue weighted by Crippen LogP contribution is -2.50. The van der Waals surface area contributed by atoms with Crippen LogP contribution in [0.2, 0.25) is 10.0 Å². The van der Waals surface area contributed by atoms with Gasteiger partial charge in [-0.2, -0.15) is 0 Å². The van der Waals surface area contributed by atoms with E-state index in [4.69, 9.17) is 27.9 Å². The molecule has 196 valence electrons. The molecule has 8 nitrogen and oxygen atoms in total. The van der Waals surface area contributed by atoms with Crippen molar-refractivity contribution >= 4 is 50.7 Å². The van der Waals surface area contributed by atoms with Gasteiger partial charge in [0.05, 0.1) is 22.7 Å². The van der Waals surface area contributed by atoms with Gasteiger partial charge in [0.1, 0.15) is 18.3 Å². The van der Waals surface area contributed by atoms with Crippen molar-refractivity contribution in [1.29, 1.82) is 0 Å². The number of nitrogens with one attached hydrogen (secondary N) is 1. The summed E-state index contributed by atoms with van der Waals surface area (Å²) < 4.78 is 33.6. The van der Waals surface area contributed by atoms with Gasteiger partial charge in [0.15, 0.2) is 0 Å². The van der Waals surface area contributed by atoms with E-state index >= 15 is 0 Å². The van der Waals surface area contributed by atoms with Crippen molar-refractivity contribution in [2.24, 2.45) is 0 Å². The lowest BCUT2D eigenvalue weighted by molar-refractivity contribution is -0.139. The molecule has 0 aliphatic rings. The van der Waals surface area contributed by atoms with Crippen molar-refractivity contribution in [3.63, 3.8) is 0 Å². The van der Waals surface area contributed by atoms with Crippen LogP contribution in [0.1, 0.15) is 12.5 Å². The zero-order valence-electron chi connectivity index (χ0n) is 20.5. The van der Waals surface area contributed by atoms with E-state index in [9.17, 15) is 18.0 Å². The Morgan fingerprint density at radius 3 is 2.35 bits per heavy atom. The Morgan fingerprint density at radius 1 is 1.00 bits per heavy atom. The van der Waals surface area contributed by atoms with Crippen molar-refractivity contribution in [1.82, 2.24) is 10.2 Å². The Hall–Kier alpha value is -3.27. The first-order chi connectivity index (χ1) is 17.6. The summed E-state index contributed by atoms with van der Waals surface area (Å²) in [5.41, 5.74) is 0.738. The van der Waals surface area contributed by atoms with E-state index in [0.717, 1.165) is 4.31 Å². The number of hydrogen-bond acceptors (Lipinski definition) is 5. The summed E-state index contributed by atoms with van der Waals surface area (Å²) in [6.45, 7) is 0.981. The fourth-order valence-electron chi connectivity index (χ4n) is 3.67. The summed E-state index contributed by atoms with van der Waals surface area (Å²) >= 11 is 12.5. The van der Waals surface area contributed by atoms with Gasteiger partial charge in [-0.05, 0) is 55.0 Å². The number of sulfonamides is 1. The molecule has 0 fully saturated rings. The second-order valence-corrected chi connectivity index (χ2v) is 10.8. The zero-order valence-corrected chi connectivity index (χ0v) is 22.8. The smallest absolute Gasteiger partial charge is 0.264 e. The third kappa shape index (κ3) is 6.74. The molecule has 1 N–H and O–H groups in total. The molecule has 0 spiro atoms. The monoisotopic (exact) mass is 563 g/mol. The Balaban J connectivity index is 2.07. The molecule has 0 aliphatic carbocycles. The molecule has 0 saturated heterocycles. The number of halogens is 2. The maximum atomic E-state index is 13.8. The van der Waals surface area contributed by atoms with Crippen LogP contribution in [0.15, 0.2) is 77.7 Å². The number of amides is 2. The number of carbonyl (C=O) groups excluding carboxylic acids is 2. The third-order valence-corrected chi connectivity index (χ3v) is 8.02. The van der Waals surface area contributed by atoms with E-state index in [1.54, 1.807) is 49.4 Å². The van der Waals surface area contributed by atoms with Gasteiger partial charge in [-0.15, -0.1) is 0 Å². The highest BCUT2D eigenvalue weighted by Gasteiger charge is 2.33. The van der Waals surface area contributed by atoms with Crippen molar-refractivity contribution in [3.8, 4) is 5.75 Å². The average molecular weight is 564 g/mol. The van der Waals surface area contributed by atoms with E-state index in [2.05, 4.69) is 5.32 Å². The predicted molar refractivity (Wildman–Crippen MR) is 145 cm³/mol. The number of benzene rings is 3. The quantitative estimate of drug-likeness (QED) is 0.395. The SMILES string of the molecule is CNC(=O)C(C)N(Cc1cccc(OC)c1)C(=O)CN(c1cc(Cl)ccc1Cl)S(=O)(=O)c1ccccc1. The van der Waals surface area contributed by atoms with Gasteiger partial charge in [0.25, 0.3) is 10.0 Å². The van der Waals surface area contributed by atoms with Crippen LogP contribution in [0.5, 0.6) is 5.75 Å². The molecule has 0 saturated carbocycles. The van der Waals surface area contributed by atoms with Gasteiger partial charge >= 0.3 is 0 Å². The average Bonchev–Trinajstić information content (AvgIpc) is 2.91. The summed E-state index contributed by atoms with van der Waals surface area (Å²) in [6, 6.07) is 18.2. The maximum Gasteiger partial charge on any atom is 0.264 e. The minimum absolute atomic E-state index is 0.0301. The van der Waals surface area contributed by atoms with E-state index in [-0.39, 0.29) is 27.2 Å². The van der Waals surface area contributed by atoms with Crippen molar-refractivity contribution in [3.05, 3.63) is 88.4 Å². The molecule has 0 bridgehead atoms. The molecule has 37 heavy (non-hydrogen) atoms. The predicted octanol–water partition coefficient (Wildman–Crippen LogP) is 4.36. The van der Waals surface area contributed by atoms with E-state index in [1.165, 1.54) is 49.4 Å². The topological polar surface area (TPSA) is 96.0 Å². The summed E-state index contributed by atoms with van der Waals surface area (Å²) in [5, 5.41) is 2.87. The van der Waals surface area contributed by atoms with E-state index in [1.807, 2.05) is 0 Å². The molecule has 0 aromatic heterocycles. The minimum Gasteiger partial charge on any atom is -0.497 e. The Kier molecular flexibility index (Phi) is 9.42. The molecule has 3 aromatic rings. The van der Waals surface area contributed by atoms with Crippen LogP contribution in [0.4, 0.5) is 5.69 Å². The molecule has 1 atom stereocenters. The molecule has 3 aromatic carbocycles. The van der Waals surface area contributed by atoms with Gasteiger partial charge in [0, 0.05) is 18.6 Å². The zero-order chi connectivity index (χ0) is 27.2. The Morgan fingerprint density at radius 2 is 1.70 bits per heavy atom. The number of likely N-dealkylation sites (N-methyl/N-ethyl adjacent to an activating group) is 1. The largest absolute Gasteiger partial charge is 0.497 e. The number of nitrogens with zero attached hydrogens (tertiary/aromatic N) is 2. The summed E-state index contributed by atoms with van der Waals surface area (Å²) in [4.78, 5) is 27.6. The first-order valence-corrected chi connectivity index (χ1v) is 13.4. The molecule has 0 radical (unpaired) electrons. The highest BCUT2D eigenvalue weighted by molar-refractivity contribution is 7.92. The van der Waals surface area contributed by atoms with Crippen LogP contribution in [0.3, 0.4) is 0 Å². The lowest BCUT2D eigenvalue weighted by atomic mass is 10.1. The van der Waals surface area contributed by atoms with Gasteiger partial charge in [-0.1, -0.05) is 53.5 Å². The van der Waals surface area contributed by atoms with Gasteiger partial charge in [-0.25, -0.2) is 8.42 Å². The number of hydrogen-bond donors (Lipinski definition) is 1. The van der Waals surface area contributed by atoms with Crippen molar-refractivity contribution in [2.75, 3.05) is 25.0 Å². The van der Waals surface area contributed by atoms with E-state index < -0.39 is 34.4 Å². The number of methoxy groups -OCH3 is 1. The van der Waals surface area contributed by atoms with Crippen molar-refractivity contribution < 1.29 is 22.7 Å². The molecule has 0 aliphatic heterocycles. The standard InChI is InChI=1S/C26H27Cl2N3O5S/c1-18(26(33)29-2)30(16-19-8-7-9-21(14-19)36-3)25(32)17-31(24-15-20(27)12-13-23(24)28)37(34,35)22-10-5-4-6-11-22/h4-15,18H,16-17H2,1-3H3,(H,29,33). The molecule has 2 amide bonds. The molecule has 1 unspecified atom stereocenters. The van der Waals surface area contributed by atoms with E-state index in [0.29, 0.717) is 11.3 Å². The number of rotatable bonds is 10. The molecule has 3 rings (SSSR count). The third-order valence-electron chi connectivity index (χ3n) is 5.69. The fraction of sp³-hybridized carbons (Fsp3) is 0.231. The fourth-order valence-corrected chi connectivity index (χ4v) is 5.55. The maximum absolute atomic E-state index is 13.8. The number of ether oxygens (including phenoxy) is 1. The van der Waals surface area contributed by atoms with Crippen molar-refractivity contribution in [2.45, 2.75) is 24.4 Å². The first kappa shape index (κ1) is 28.3. The normalized spacial score (nSPS) is 11.9. The molecular weight excluding hydrogens is 537 g/mol.